The average molecular weight is 318 g/mol. The molecule has 0 spiro atoms. The summed E-state index contributed by atoms with van der Waals surface area (Å²) in [5.41, 5.74) is 7.79. The molecule has 1 amide bonds. The number of amides is 1. The number of aryl methyl sites for hydroxylation is 3. The molecular formula is C16H18N2O3S. The van der Waals surface area contributed by atoms with Gasteiger partial charge in [0.2, 0.25) is 0 Å². The van der Waals surface area contributed by atoms with Crippen molar-refractivity contribution in [1.82, 2.24) is 0 Å². The first-order valence-electron chi connectivity index (χ1n) is 6.72. The van der Waals surface area contributed by atoms with E-state index >= 15 is 0 Å². The van der Waals surface area contributed by atoms with E-state index in [1.54, 1.807) is 38.1 Å². The first-order chi connectivity index (χ1) is 10.2. The van der Waals surface area contributed by atoms with E-state index < -0.39 is 15.9 Å². The highest BCUT2D eigenvalue weighted by molar-refractivity contribution is 7.92. The molecule has 0 aliphatic heterocycles. The third-order valence-electron chi connectivity index (χ3n) is 3.41. The van der Waals surface area contributed by atoms with E-state index in [4.69, 9.17) is 5.73 Å². The van der Waals surface area contributed by atoms with Gasteiger partial charge in [-0.3, -0.25) is 9.52 Å². The maximum Gasteiger partial charge on any atom is 0.262 e. The number of sulfonamides is 1. The minimum atomic E-state index is -3.80. The van der Waals surface area contributed by atoms with Gasteiger partial charge in [0, 0.05) is 0 Å². The number of para-hydroxylation sites is 1. The summed E-state index contributed by atoms with van der Waals surface area (Å²) in [5.74, 6) is -0.678. The Bertz CT molecular complexity index is 842. The van der Waals surface area contributed by atoms with Crippen LogP contribution in [0.5, 0.6) is 0 Å². The molecule has 2 aromatic carbocycles. The van der Waals surface area contributed by atoms with Crippen LogP contribution in [-0.4, -0.2) is 14.3 Å². The molecule has 6 heteroatoms. The SMILES string of the molecule is Cc1ccc(C)c(S(=O)(=O)Nc2c(C)cccc2C(N)=O)c1. The Morgan fingerprint density at radius 2 is 1.73 bits per heavy atom. The molecule has 0 bridgehead atoms. The van der Waals surface area contributed by atoms with E-state index in [-0.39, 0.29) is 16.1 Å². The number of hydrogen-bond donors (Lipinski definition) is 2. The van der Waals surface area contributed by atoms with Gasteiger partial charge in [0.15, 0.2) is 0 Å². The highest BCUT2D eigenvalue weighted by Crippen LogP contribution is 2.25. The summed E-state index contributed by atoms with van der Waals surface area (Å²) in [6, 6.07) is 10.1. The molecule has 116 valence electrons. The summed E-state index contributed by atoms with van der Waals surface area (Å²) in [4.78, 5) is 11.7. The van der Waals surface area contributed by atoms with Crippen LogP contribution in [0.4, 0.5) is 5.69 Å². The van der Waals surface area contributed by atoms with Crippen molar-refractivity contribution in [1.29, 1.82) is 0 Å². The van der Waals surface area contributed by atoms with Gasteiger partial charge < -0.3 is 5.73 Å². The molecule has 0 radical (unpaired) electrons. The van der Waals surface area contributed by atoms with Crippen molar-refractivity contribution in [2.45, 2.75) is 25.7 Å². The van der Waals surface area contributed by atoms with E-state index in [0.717, 1.165) is 5.56 Å². The first kappa shape index (κ1) is 16.0. The molecule has 0 saturated heterocycles. The largest absolute Gasteiger partial charge is 0.366 e. The fourth-order valence-corrected chi connectivity index (χ4v) is 3.68. The Hall–Kier alpha value is -2.34. The zero-order valence-electron chi connectivity index (χ0n) is 12.7. The minimum absolute atomic E-state index is 0.147. The van der Waals surface area contributed by atoms with E-state index in [9.17, 15) is 13.2 Å². The predicted molar refractivity (Wildman–Crippen MR) is 86.4 cm³/mol. The van der Waals surface area contributed by atoms with Gasteiger partial charge in [-0.15, -0.1) is 0 Å². The van der Waals surface area contributed by atoms with Crippen molar-refractivity contribution in [2.24, 2.45) is 5.73 Å². The lowest BCUT2D eigenvalue weighted by Crippen LogP contribution is -2.20. The normalized spacial score (nSPS) is 11.2. The third kappa shape index (κ3) is 3.12. The number of carbonyl (C=O) groups excluding carboxylic acids is 1. The Morgan fingerprint density at radius 3 is 2.36 bits per heavy atom. The predicted octanol–water partition coefficient (Wildman–Crippen LogP) is 2.51. The summed E-state index contributed by atoms with van der Waals surface area (Å²) in [6.07, 6.45) is 0. The number of rotatable bonds is 4. The first-order valence-corrected chi connectivity index (χ1v) is 8.20. The maximum atomic E-state index is 12.6. The molecule has 0 fully saturated rings. The smallest absolute Gasteiger partial charge is 0.262 e. The number of carbonyl (C=O) groups is 1. The Morgan fingerprint density at radius 1 is 1.05 bits per heavy atom. The van der Waals surface area contributed by atoms with Gasteiger partial charge in [-0.25, -0.2) is 8.42 Å². The third-order valence-corrected chi connectivity index (χ3v) is 4.90. The number of hydrogen-bond acceptors (Lipinski definition) is 3. The summed E-state index contributed by atoms with van der Waals surface area (Å²) < 4.78 is 27.8. The minimum Gasteiger partial charge on any atom is -0.366 e. The molecule has 0 atom stereocenters. The van der Waals surface area contributed by atoms with Gasteiger partial charge in [0.05, 0.1) is 16.1 Å². The highest BCUT2D eigenvalue weighted by Gasteiger charge is 2.21. The zero-order chi connectivity index (χ0) is 16.5. The molecule has 0 aromatic heterocycles. The fourth-order valence-electron chi connectivity index (χ4n) is 2.19. The van der Waals surface area contributed by atoms with Crippen molar-refractivity contribution in [2.75, 3.05) is 4.72 Å². The summed E-state index contributed by atoms with van der Waals surface area (Å²) in [5, 5.41) is 0. The van der Waals surface area contributed by atoms with E-state index in [2.05, 4.69) is 4.72 Å². The second-order valence-corrected chi connectivity index (χ2v) is 6.89. The molecule has 2 rings (SSSR count). The highest BCUT2D eigenvalue weighted by atomic mass is 32.2. The van der Waals surface area contributed by atoms with Crippen LogP contribution in [0.3, 0.4) is 0 Å². The van der Waals surface area contributed by atoms with Crippen LogP contribution in [0.1, 0.15) is 27.0 Å². The number of nitrogens with one attached hydrogen (secondary N) is 1. The van der Waals surface area contributed by atoms with Crippen LogP contribution in [-0.2, 0) is 10.0 Å². The van der Waals surface area contributed by atoms with Gasteiger partial charge in [0.1, 0.15) is 0 Å². The number of nitrogens with two attached hydrogens (primary N) is 1. The van der Waals surface area contributed by atoms with Crippen LogP contribution in [0, 0.1) is 20.8 Å². The van der Waals surface area contributed by atoms with E-state index in [1.165, 1.54) is 6.07 Å². The van der Waals surface area contributed by atoms with Crippen molar-refractivity contribution in [3.8, 4) is 0 Å². The lowest BCUT2D eigenvalue weighted by atomic mass is 10.1. The molecule has 5 nitrogen and oxygen atoms in total. The fraction of sp³-hybridized carbons (Fsp3) is 0.188. The second-order valence-electron chi connectivity index (χ2n) is 5.24. The molecule has 2 aromatic rings. The average Bonchev–Trinajstić information content (AvgIpc) is 2.43. The zero-order valence-corrected chi connectivity index (χ0v) is 13.5. The van der Waals surface area contributed by atoms with Crippen molar-refractivity contribution < 1.29 is 13.2 Å². The van der Waals surface area contributed by atoms with Crippen molar-refractivity contribution in [3.63, 3.8) is 0 Å². The van der Waals surface area contributed by atoms with Crippen molar-refractivity contribution >= 4 is 21.6 Å². The van der Waals surface area contributed by atoms with Gasteiger partial charge in [-0.2, -0.15) is 0 Å². The molecule has 0 aliphatic rings. The van der Waals surface area contributed by atoms with Crippen LogP contribution >= 0.6 is 0 Å². The van der Waals surface area contributed by atoms with Gasteiger partial charge in [0.25, 0.3) is 15.9 Å². The summed E-state index contributed by atoms with van der Waals surface area (Å²) in [6.45, 7) is 5.26. The standard InChI is InChI=1S/C16H18N2O3S/c1-10-7-8-11(2)14(9-10)22(20,21)18-15-12(3)5-4-6-13(15)16(17)19/h4-9,18H,1-3H3,(H2,17,19). The van der Waals surface area contributed by atoms with Crippen LogP contribution < -0.4 is 10.5 Å². The lowest BCUT2D eigenvalue weighted by molar-refractivity contribution is 0.100. The van der Waals surface area contributed by atoms with E-state index in [1.807, 2.05) is 13.0 Å². The molecule has 0 heterocycles. The summed E-state index contributed by atoms with van der Waals surface area (Å²) >= 11 is 0. The second kappa shape index (κ2) is 5.81. The van der Waals surface area contributed by atoms with Crippen LogP contribution in [0.2, 0.25) is 0 Å². The quantitative estimate of drug-likeness (QED) is 0.907. The monoisotopic (exact) mass is 318 g/mol. The number of anilines is 1. The number of primary amides is 1. The molecule has 3 N–H and O–H groups in total. The number of benzene rings is 2. The molecular weight excluding hydrogens is 300 g/mol. The van der Waals surface area contributed by atoms with Crippen molar-refractivity contribution in [3.05, 3.63) is 58.7 Å². The van der Waals surface area contributed by atoms with Crippen LogP contribution in [0.25, 0.3) is 0 Å². The summed E-state index contributed by atoms with van der Waals surface area (Å²) in [7, 11) is -3.80. The molecule has 0 unspecified atom stereocenters. The van der Waals surface area contributed by atoms with Gasteiger partial charge in [-0.05, 0) is 49.6 Å². The van der Waals surface area contributed by atoms with E-state index in [0.29, 0.717) is 11.1 Å². The Labute approximate surface area is 130 Å². The molecule has 0 saturated carbocycles. The maximum absolute atomic E-state index is 12.6. The Kier molecular flexibility index (Phi) is 4.23. The molecule has 0 aliphatic carbocycles. The molecule has 22 heavy (non-hydrogen) atoms. The lowest BCUT2D eigenvalue weighted by Gasteiger charge is -2.15. The topological polar surface area (TPSA) is 89.3 Å². The van der Waals surface area contributed by atoms with Gasteiger partial charge in [-0.1, -0.05) is 24.3 Å². The van der Waals surface area contributed by atoms with Gasteiger partial charge >= 0.3 is 0 Å². The Balaban J connectivity index is 2.55. The van der Waals surface area contributed by atoms with Crippen LogP contribution in [0.15, 0.2) is 41.3 Å².